The Morgan fingerprint density at radius 3 is 2.57 bits per heavy atom. The Bertz CT molecular complexity index is 560. The SMILES string of the molecule is CCCCN(C)c1c(CCN)c(C)nn1-c1ccccc1. The van der Waals surface area contributed by atoms with Crippen LogP contribution in [0.1, 0.15) is 31.0 Å². The summed E-state index contributed by atoms with van der Waals surface area (Å²) in [5, 5.41) is 4.75. The lowest BCUT2D eigenvalue weighted by Crippen LogP contribution is -2.23. The number of hydrogen-bond donors (Lipinski definition) is 1. The summed E-state index contributed by atoms with van der Waals surface area (Å²) in [5.41, 5.74) is 9.23. The van der Waals surface area contributed by atoms with Gasteiger partial charge in [-0.1, -0.05) is 31.5 Å². The number of anilines is 1. The Balaban J connectivity index is 2.47. The van der Waals surface area contributed by atoms with Crippen LogP contribution in [0.4, 0.5) is 5.82 Å². The standard InChI is InChI=1S/C17H26N4/c1-4-5-13-20(3)17-16(11-12-18)14(2)19-21(17)15-9-7-6-8-10-15/h6-10H,4-5,11-13,18H2,1-3H3. The Hall–Kier alpha value is -1.81. The number of rotatable bonds is 7. The molecule has 4 heteroatoms. The molecular formula is C17H26N4. The highest BCUT2D eigenvalue weighted by Gasteiger charge is 2.18. The Kier molecular flexibility index (Phi) is 5.39. The van der Waals surface area contributed by atoms with Crippen molar-refractivity contribution in [1.82, 2.24) is 9.78 Å². The smallest absolute Gasteiger partial charge is 0.135 e. The minimum atomic E-state index is 0.649. The fraction of sp³-hybridized carbons (Fsp3) is 0.471. The highest BCUT2D eigenvalue weighted by atomic mass is 15.4. The monoisotopic (exact) mass is 286 g/mol. The molecule has 0 saturated carbocycles. The van der Waals surface area contributed by atoms with Crippen molar-refractivity contribution in [3.05, 3.63) is 41.6 Å². The van der Waals surface area contributed by atoms with Crippen LogP contribution in [0.15, 0.2) is 30.3 Å². The van der Waals surface area contributed by atoms with E-state index in [-0.39, 0.29) is 0 Å². The fourth-order valence-electron chi connectivity index (χ4n) is 2.63. The molecule has 2 N–H and O–H groups in total. The van der Waals surface area contributed by atoms with Crippen molar-refractivity contribution < 1.29 is 0 Å². The van der Waals surface area contributed by atoms with Crippen molar-refractivity contribution in [3.8, 4) is 5.69 Å². The molecule has 114 valence electrons. The molecule has 21 heavy (non-hydrogen) atoms. The third-order valence-electron chi connectivity index (χ3n) is 3.76. The summed E-state index contributed by atoms with van der Waals surface area (Å²) in [5.74, 6) is 1.18. The minimum absolute atomic E-state index is 0.649. The van der Waals surface area contributed by atoms with Gasteiger partial charge in [0, 0.05) is 19.2 Å². The van der Waals surface area contributed by atoms with Crippen LogP contribution in [0, 0.1) is 6.92 Å². The predicted octanol–water partition coefficient (Wildman–Crippen LogP) is 2.92. The van der Waals surface area contributed by atoms with Crippen LogP contribution in [-0.2, 0) is 6.42 Å². The Labute approximate surface area is 127 Å². The van der Waals surface area contributed by atoms with Crippen molar-refractivity contribution in [3.63, 3.8) is 0 Å². The molecule has 4 nitrogen and oxygen atoms in total. The van der Waals surface area contributed by atoms with E-state index in [0.29, 0.717) is 6.54 Å². The van der Waals surface area contributed by atoms with Crippen molar-refractivity contribution in [1.29, 1.82) is 0 Å². The first-order valence-electron chi connectivity index (χ1n) is 7.74. The van der Waals surface area contributed by atoms with Gasteiger partial charge < -0.3 is 10.6 Å². The van der Waals surface area contributed by atoms with Crippen molar-refractivity contribution in [2.75, 3.05) is 25.0 Å². The fourth-order valence-corrected chi connectivity index (χ4v) is 2.63. The van der Waals surface area contributed by atoms with E-state index in [1.165, 1.54) is 24.2 Å². The molecule has 1 aromatic carbocycles. The molecule has 0 fully saturated rings. The number of para-hydroxylation sites is 1. The summed E-state index contributed by atoms with van der Waals surface area (Å²) in [7, 11) is 2.14. The molecule has 0 atom stereocenters. The van der Waals surface area contributed by atoms with Crippen molar-refractivity contribution >= 4 is 5.82 Å². The molecule has 0 amide bonds. The second-order valence-corrected chi connectivity index (χ2v) is 5.45. The summed E-state index contributed by atoms with van der Waals surface area (Å²) < 4.78 is 2.05. The van der Waals surface area contributed by atoms with E-state index >= 15 is 0 Å². The van der Waals surface area contributed by atoms with Gasteiger partial charge in [0.25, 0.3) is 0 Å². The number of aryl methyl sites for hydroxylation is 1. The average molecular weight is 286 g/mol. The van der Waals surface area contributed by atoms with Crippen molar-refractivity contribution in [2.24, 2.45) is 5.73 Å². The number of unbranched alkanes of at least 4 members (excludes halogenated alkanes) is 1. The van der Waals surface area contributed by atoms with Gasteiger partial charge in [-0.15, -0.1) is 0 Å². The van der Waals surface area contributed by atoms with Gasteiger partial charge in [0.05, 0.1) is 11.4 Å². The normalized spacial score (nSPS) is 10.9. The van der Waals surface area contributed by atoms with Crippen LogP contribution in [0.5, 0.6) is 0 Å². The molecule has 0 aliphatic heterocycles. The van der Waals surface area contributed by atoms with Gasteiger partial charge in [0.1, 0.15) is 5.82 Å². The maximum Gasteiger partial charge on any atom is 0.135 e. The van der Waals surface area contributed by atoms with Gasteiger partial charge in [-0.2, -0.15) is 5.10 Å². The summed E-state index contributed by atoms with van der Waals surface area (Å²) in [6, 6.07) is 10.3. The summed E-state index contributed by atoms with van der Waals surface area (Å²) in [4.78, 5) is 2.31. The molecule has 1 aromatic heterocycles. The lowest BCUT2D eigenvalue weighted by atomic mass is 10.1. The van der Waals surface area contributed by atoms with Crippen LogP contribution in [0.25, 0.3) is 5.69 Å². The third-order valence-corrected chi connectivity index (χ3v) is 3.76. The lowest BCUT2D eigenvalue weighted by Gasteiger charge is -2.22. The van der Waals surface area contributed by atoms with Gasteiger partial charge in [-0.05, 0) is 38.4 Å². The second kappa shape index (κ2) is 7.27. The number of benzene rings is 1. The molecule has 0 unspecified atom stereocenters. The van der Waals surface area contributed by atoms with E-state index in [9.17, 15) is 0 Å². The average Bonchev–Trinajstić information content (AvgIpc) is 2.83. The van der Waals surface area contributed by atoms with E-state index in [2.05, 4.69) is 42.6 Å². The Morgan fingerprint density at radius 2 is 1.95 bits per heavy atom. The first-order chi connectivity index (χ1) is 10.2. The highest BCUT2D eigenvalue weighted by Crippen LogP contribution is 2.27. The molecule has 0 radical (unpaired) electrons. The minimum Gasteiger partial charge on any atom is -0.359 e. The molecule has 1 heterocycles. The van der Waals surface area contributed by atoms with Crippen LogP contribution in [-0.4, -0.2) is 29.9 Å². The largest absolute Gasteiger partial charge is 0.359 e. The maximum absolute atomic E-state index is 5.79. The molecule has 0 aliphatic rings. The van der Waals surface area contributed by atoms with Gasteiger partial charge in [0.2, 0.25) is 0 Å². The van der Waals surface area contributed by atoms with E-state index in [4.69, 9.17) is 10.8 Å². The van der Waals surface area contributed by atoms with Crippen LogP contribution in [0.2, 0.25) is 0 Å². The van der Waals surface area contributed by atoms with E-state index < -0.39 is 0 Å². The summed E-state index contributed by atoms with van der Waals surface area (Å²) in [6.45, 7) is 5.97. The number of aromatic nitrogens is 2. The number of nitrogens with two attached hydrogens (primary N) is 1. The topological polar surface area (TPSA) is 47.1 Å². The molecule has 0 spiro atoms. The van der Waals surface area contributed by atoms with E-state index in [0.717, 1.165) is 24.3 Å². The summed E-state index contributed by atoms with van der Waals surface area (Å²) in [6.07, 6.45) is 3.23. The third kappa shape index (κ3) is 3.45. The van der Waals surface area contributed by atoms with E-state index in [1.54, 1.807) is 0 Å². The van der Waals surface area contributed by atoms with E-state index in [1.807, 2.05) is 18.2 Å². The van der Waals surface area contributed by atoms with Crippen molar-refractivity contribution in [2.45, 2.75) is 33.1 Å². The lowest BCUT2D eigenvalue weighted by molar-refractivity contribution is 0.735. The Morgan fingerprint density at radius 1 is 1.24 bits per heavy atom. The zero-order valence-corrected chi connectivity index (χ0v) is 13.3. The van der Waals surface area contributed by atoms with Gasteiger partial charge in [-0.25, -0.2) is 4.68 Å². The highest BCUT2D eigenvalue weighted by molar-refractivity contribution is 5.55. The number of hydrogen-bond acceptors (Lipinski definition) is 3. The zero-order valence-electron chi connectivity index (χ0n) is 13.3. The second-order valence-electron chi connectivity index (χ2n) is 5.45. The van der Waals surface area contributed by atoms with Gasteiger partial charge in [0.15, 0.2) is 0 Å². The van der Waals surface area contributed by atoms with Gasteiger partial charge >= 0.3 is 0 Å². The van der Waals surface area contributed by atoms with Crippen LogP contribution in [0.3, 0.4) is 0 Å². The number of nitrogens with zero attached hydrogens (tertiary/aromatic N) is 3. The van der Waals surface area contributed by atoms with Crippen LogP contribution < -0.4 is 10.6 Å². The molecule has 0 bridgehead atoms. The summed E-state index contributed by atoms with van der Waals surface area (Å²) >= 11 is 0. The zero-order chi connectivity index (χ0) is 15.2. The molecule has 2 rings (SSSR count). The predicted molar refractivity (Wildman–Crippen MR) is 89.2 cm³/mol. The molecule has 0 aliphatic carbocycles. The van der Waals surface area contributed by atoms with Gasteiger partial charge in [-0.3, -0.25) is 0 Å². The maximum atomic E-state index is 5.79. The quantitative estimate of drug-likeness (QED) is 0.851. The molecule has 0 saturated heterocycles. The van der Waals surface area contributed by atoms with Crippen LogP contribution >= 0.6 is 0 Å². The first-order valence-corrected chi connectivity index (χ1v) is 7.74. The molecular weight excluding hydrogens is 260 g/mol. The first kappa shape index (κ1) is 15.6. The molecule has 2 aromatic rings.